The van der Waals surface area contributed by atoms with Gasteiger partial charge in [0.05, 0.1) is 0 Å². The van der Waals surface area contributed by atoms with Crippen LogP contribution >= 0.6 is 0 Å². The summed E-state index contributed by atoms with van der Waals surface area (Å²) in [5, 5.41) is 4.05. The highest BCUT2D eigenvalue weighted by molar-refractivity contribution is 5.87. The number of hydrogen-bond acceptors (Lipinski definition) is 7. The Hall–Kier alpha value is -4.21. The van der Waals surface area contributed by atoms with E-state index >= 15 is 0 Å². The minimum absolute atomic E-state index is 0.0512. The van der Waals surface area contributed by atoms with E-state index in [2.05, 4.69) is 52.7 Å². The first-order valence-corrected chi connectivity index (χ1v) is 13.4. The van der Waals surface area contributed by atoms with E-state index in [0.29, 0.717) is 37.1 Å². The van der Waals surface area contributed by atoms with Gasteiger partial charge in [0.15, 0.2) is 0 Å². The summed E-state index contributed by atoms with van der Waals surface area (Å²) in [6.45, 7) is 12.8. The van der Waals surface area contributed by atoms with E-state index in [4.69, 9.17) is 0 Å². The Morgan fingerprint density at radius 2 is 1.74 bits per heavy atom. The van der Waals surface area contributed by atoms with Gasteiger partial charge in [0.1, 0.15) is 5.65 Å². The lowest BCUT2D eigenvalue weighted by atomic mass is 9.96. The number of hydrogen-bond donors (Lipinski definition) is 1. The van der Waals surface area contributed by atoms with Crippen LogP contribution in [0.1, 0.15) is 27.2 Å². The van der Waals surface area contributed by atoms with Gasteiger partial charge in [-0.3, -0.25) is 19.0 Å². The van der Waals surface area contributed by atoms with Crippen LogP contribution in [-0.4, -0.2) is 74.4 Å². The number of aromatic nitrogens is 3. The Morgan fingerprint density at radius 1 is 1.05 bits per heavy atom. The second-order valence-electron chi connectivity index (χ2n) is 10.6. The first-order valence-electron chi connectivity index (χ1n) is 13.4. The molecule has 2 amide bonds. The number of carbonyl (C=O) groups is 2. The van der Waals surface area contributed by atoms with Crippen LogP contribution in [-0.2, 0) is 16.1 Å². The molecule has 39 heavy (non-hydrogen) atoms. The molecular weight excluding hydrogens is 494 g/mol. The fraction of sp³-hybridized carbons (Fsp3) is 0.414. The van der Waals surface area contributed by atoms with Gasteiger partial charge in [-0.2, -0.15) is 4.98 Å². The molecule has 204 valence electrons. The first-order chi connectivity index (χ1) is 18.7. The zero-order chi connectivity index (χ0) is 27.7. The second kappa shape index (κ2) is 10.9. The Morgan fingerprint density at radius 3 is 2.38 bits per heavy atom. The van der Waals surface area contributed by atoms with Crippen molar-refractivity contribution < 1.29 is 9.59 Å². The van der Waals surface area contributed by atoms with Crippen molar-refractivity contribution in [1.82, 2.24) is 24.3 Å². The Kier molecular flexibility index (Phi) is 7.36. The van der Waals surface area contributed by atoms with Crippen LogP contribution in [0, 0.1) is 5.92 Å². The average molecular weight is 530 g/mol. The number of rotatable bonds is 7. The third-order valence-electron chi connectivity index (χ3n) is 7.70. The number of likely N-dealkylation sites (tertiary alicyclic amines) is 1. The summed E-state index contributed by atoms with van der Waals surface area (Å²) < 4.78 is 1.69. The van der Waals surface area contributed by atoms with E-state index in [1.807, 2.05) is 17.0 Å². The summed E-state index contributed by atoms with van der Waals surface area (Å²) in [5.74, 6) is 0.832. The van der Waals surface area contributed by atoms with Crippen LogP contribution in [0.2, 0.25) is 0 Å². The van der Waals surface area contributed by atoms with Crippen molar-refractivity contribution >= 4 is 40.2 Å². The summed E-state index contributed by atoms with van der Waals surface area (Å²) in [6, 6.07) is 11.7. The fourth-order valence-corrected chi connectivity index (χ4v) is 5.76. The molecule has 2 fully saturated rings. The molecule has 0 radical (unpaired) electrons. The van der Waals surface area contributed by atoms with E-state index in [-0.39, 0.29) is 29.5 Å². The molecule has 2 aromatic heterocycles. The smallest absolute Gasteiger partial charge is 0.252 e. The predicted molar refractivity (Wildman–Crippen MR) is 152 cm³/mol. The maximum Gasteiger partial charge on any atom is 0.252 e. The van der Waals surface area contributed by atoms with E-state index in [1.165, 1.54) is 6.08 Å². The number of carbonyl (C=O) groups excluding carboxylic acids is 2. The zero-order valence-corrected chi connectivity index (χ0v) is 22.7. The second-order valence-corrected chi connectivity index (χ2v) is 10.6. The van der Waals surface area contributed by atoms with E-state index < -0.39 is 0 Å². The van der Waals surface area contributed by atoms with Crippen LogP contribution < -0.4 is 15.8 Å². The van der Waals surface area contributed by atoms with E-state index in [0.717, 1.165) is 36.3 Å². The SMILES string of the molecule is C=CC(=O)N1CC(CCn2c(=O)ccc3cnc(Nc4ccc(N5C[C@@H](C)N(C(C)=O)[C@@H](C)C5)cc4)nc32)C1. The van der Waals surface area contributed by atoms with Crippen molar-refractivity contribution in [1.29, 1.82) is 0 Å². The van der Waals surface area contributed by atoms with Crippen LogP contribution in [0.3, 0.4) is 0 Å². The van der Waals surface area contributed by atoms with Gasteiger partial charge in [0.2, 0.25) is 17.8 Å². The van der Waals surface area contributed by atoms with Crippen LogP contribution in [0.4, 0.5) is 17.3 Å². The Labute approximate surface area is 227 Å². The van der Waals surface area contributed by atoms with E-state index in [1.54, 1.807) is 34.7 Å². The third kappa shape index (κ3) is 5.50. The topological polar surface area (TPSA) is 104 Å². The van der Waals surface area contributed by atoms with Gasteiger partial charge in [0.25, 0.3) is 5.56 Å². The highest BCUT2D eigenvalue weighted by atomic mass is 16.2. The van der Waals surface area contributed by atoms with Crippen molar-refractivity contribution in [3.05, 3.63) is 65.6 Å². The lowest BCUT2D eigenvalue weighted by Crippen LogP contribution is -2.58. The van der Waals surface area contributed by atoms with Crippen molar-refractivity contribution in [2.75, 3.05) is 36.4 Å². The number of nitrogens with zero attached hydrogens (tertiary/aromatic N) is 6. The molecule has 1 N–H and O–H groups in total. The minimum atomic E-state index is -0.108. The van der Waals surface area contributed by atoms with Crippen molar-refractivity contribution in [2.45, 2.75) is 45.8 Å². The molecule has 5 rings (SSSR count). The van der Waals surface area contributed by atoms with Crippen molar-refractivity contribution in [2.24, 2.45) is 5.92 Å². The Bertz CT molecular complexity index is 1430. The molecule has 1 aromatic carbocycles. The first kappa shape index (κ1) is 26.4. The number of aryl methyl sites for hydroxylation is 1. The number of piperazine rings is 1. The summed E-state index contributed by atoms with van der Waals surface area (Å²) in [5.41, 5.74) is 2.41. The summed E-state index contributed by atoms with van der Waals surface area (Å²) in [7, 11) is 0. The molecule has 0 bridgehead atoms. The number of benzene rings is 1. The standard InChI is InChI=1S/C29H35N7O3/c1-5-26(38)34-17-22(18-34)12-13-35-27(39)11-6-23-14-30-29(32-28(23)35)31-24-7-9-25(10-8-24)33-15-19(2)36(21(4)37)20(3)16-33/h5-11,14,19-20,22H,1,12-13,15-18H2,2-4H3,(H,30,31,32)/t19-,20+. The minimum Gasteiger partial charge on any atom is -0.367 e. The van der Waals surface area contributed by atoms with Crippen molar-refractivity contribution in [3.8, 4) is 0 Å². The molecule has 2 saturated heterocycles. The number of amides is 2. The number of pyridine rings is 1. The summed E-state index contributed by atoms with van der Waals surface area (Å²) >= 11 is 0. The fourth-order valence-electron chi connectivity index (χ4n) is 5.76. The molecule has 2 atom stereocenters. The van der Waals surface area contributed by atoms with Crippen LogP contribution in [0.25, 0.3) is 11.0 Å². The number of anilines is 3. The molecule has 4 heterocycles. The predicted octanol–water partition coefficient (Wildman–Crippen LogP) is 3.02. The highest BCUT2D eigenvalue weighted by Gasteiger charge is 2.31. The molecule has 2 aliphatic heterocycles. The van der Waals surface area contributed by atoms with Gasteiger partial charge >= 0.3 is 0 Å². The summed E-state index contributed by atoms with van der Waals surface area (Å²) in [6.07, 6.45) is 3.84. The number of nitrogens with one attached hydrogen (secondary N) is 1. The van der Waals surface area contributed by atoms with Crippen molar-refractivity contribution in [3.63, 3.8) is 0 Å². The maximum atomic E-state index is 12.7. The molecule has 0 saturated carbocycles. The average Bonchev–Trinajstić information content (AvgIpc) is 2.88. The largest absolute Gasteiger partial charge is 0.367 e. The van der Waals surface area contributed by atoms with Gasteiger partial charge in [-0.05, 0) is 62.6 Å². The molecule has 10 nitrogen and oxygen atoms in total. The molecule has 2 aliphatic rings. The van der Waals surface area contributed by atoms with E-state index in [9.17, 15) is 14.4 Å². The molecule has 3 aromatic rings. The van der Waals surface area contributed by atoms with Crippen LogP contribution in [0.5, 0.6) is 0 Å². The zero-order valence-electron chi connectivity index (χ0n) is 22.7. The molecule has 0 spiro atoms. The highest BCUT2D eigenvalue weighted by Crippen LogP contribution is 2.26. The molecule has 0 aliphatic carbocycles. The lowest BCUT2D eigenvalue weighted by Gasteiger charge is -2.45. The quantitative estimate of drug-likeness (QED) is 0.469. The monoisotopic (exact) mass is 529 g/mol. The van der Waals surface area contributed by atoms with Gasteiger partial charge in [0, 0.05) is 80.8 Å². The van der Waals surface area contributed by atoms with Crippen LogP contribution in [0.15, 0.2) is 60.0 Å². The number of fused-ring (bicyclic) bond motifs is 1. The molecular formula is C29H35N7O3. The van der Waals surface area contributed by atoms with Gasteiger partial charge in [-0.25, -0.2) is 4.98 Å². The third-order valence-corrected chi connectivity index (χ3v) is 7.70. The summed E-state index contributed by atoms with van der Waals surface area (Å²) in [4.78, 5) is 51.5. The Balaban J connectivity index is 1.27. The molecule has 0 unspecified atom stereocenters. The lowest BCUT2D eigenvalue weighted by molar-refractivity contribution is -0.134. The molecule has 10 heteroatoms. The van der Waals surface area contributed by atoms with Gasteiger partial charge in [-0.1, -0.05) is 6.58 Å². The van der Waals surface area contributed by atoms with Gasteiger partial charge < -0.3 is 20.0 Å². The maximum absolute atomic E-state index is 12.7. The normalized spacial score (nSPS) is 19.6. The van der Waals surface area contributed by atoms with Gasteiger partial charge in [-0.15, -0.1) is 0 Å².